The Morgan fingerprint density at radius 1 is 0.935 bits per heavy atom. The predicted molar refractivity (Wildman–Crippen MR) is 128 cm³/mol. The molecular weight excluding hydrogens is 528 g/mol. The fourth-order valence-corrected chi connectivity index (χ4v) is 3.53. The highest BCUT2D eigenvalue weighted by molar-refractivity contribution is 9.10. The van der Waals surface area contributed by atoms with Crippen LogP contribution in [0.5, 0.6) is 11.5 Å². The van der Waals surface area contributed by atoms with E-state index in [1.807, 2.05) is 18.2 Å². The average Bonchev–Trinajstić information content (AvgIpc) is 2.71. The predicted octanol–water partition coefficient (Wildman–Crippen LogP) is 5.53. The number of halogens is 2. The summed E-state index contributed by atoms with van der Waals surface area (Å²) in [6.45, 7) is 8.84. The van der Waals surface area contributed by atoms with Crippen molar-refractivity contribution in [1.29, 1.82) is 0 Å². The summed E-state index contributed by atoms with van der Waals surface area (Å²) < 4.78 is 12.6. The minimum Gasteiger partial charge on any atom is -0.492 e. The average molecular weight is 556 g/mol. The van der Waals surface area contributed by atoms with Crippen molar-refractivity contribution >= 4 is 43.7 Å². The van der Waals surface area contributed by atoms with Crippen molar-refractivity contribution in [2.24, 2.45) is 0 Å². The highest BCUT2D eigenvalue weighted by Crippen LogP contribution is 2.31. The number of amides is 2. The maximum atomic E-state index is 12.3. The Hall–Kier alpha value is -2.06. The van der Waals surface area contributed by atoms with Gasteiger partial charge in [0.25, 0.3) is 11.8 Å². The molecule has 8 heteroatoms. The van der Waals surface area contributed by atoms with Gasteiger partial charge in [-0.3, -0.25) is 20.4 Å². The fraction of sp³-hybridized carbons (Fsp3) is 0.391. The van der Waals surface area contributed by atoms with E-state index in [-0.39, 0.29) is 12.0 Å². The third-order valence-electron chi connectivity index (χ3n) is 4.42. The van der Waals surface area contributed by atoms with Gasteiger partial charge >= 0.3 is 0 Å². The zero-order valence-electron chi connectivity index (χ0n) is 18.2. The summed E-state index contributed by atoms with van der Waals surface area (Å²) in [5, 5.41) is 0. The van der Waals surface area contributed by atoms with Crippen molar-refractivity contribution < 1.29 is 19.1 Å². The number of carbonyl (C=O) groups is 2. The fourth-order valence-electron chi connectivity index (χ4n) is 2.55. The molecular formula is C23H28Br2N2O4. The Morgan fingerprint density at radius 3 is 2.19 bits per heavy atom. The summed E-state index contributed by atoms with van der Waals surface area (Å²) in [5.41, 5.74) is 6.29. The lowest BCUT2D eigenvalue weighted by Crippen LogP contribution is -2.43. The largest absolute Gasteiger partial charge is 0.492 e. The molecule has 0 aromatic heterocycles. The van der Waals surface area contributed by atoms with E-state index in [1.54, 1.807) is 18.2 Å². The van der Waals surface area contributed by atoms with Gasteiger partial charge in [0, 0.05) is 5.56 Å². The van der Waals surface area contributed by atoms with Gasteiger partial charge in [-0.15, -0.1) is 0 Å². The van der Waals surface area contributed by atoms with Crippen molar-refractivity contribution in [3.63, 3.8) is 0 Å². The molecule has 31 heavy (non-hydrogen) atoms. The first kappa shape index (κ1) is 25.2. The number of carbonyl (C=O) groups excluding carboxylic acids is 2. The number of hydrogen-bond donors (Lipinski definition) is 2. The SMILES string of the molecule is CCCCOc1ccc(C(=O)NNC(=O)COc2ccc(C(C)(C)C)cc2Br)cc1Br. The lowest BCUT2D eigenvalue weighted by molar-refractivity contribution is -0.123. The molecule has 168 valence electrons. The standard InChI is InChI=1S/C23H28Br2N2O4/c1-5-6-11-30-19-9-7-15(12-17(19)24)22(29)27-26-21(28)14-31-20-10-8-16(13-18(20)25)23(2,3)4/h7-10,12-13H,5-6,11,14H2,1-4H3,(H,26,28)(H,27,29). The zero-order valence-corrected chi connectivity index (χ0v) is 21.4. The van der Waals surface area contributed by atoms with Gasteiger partial charge in [-0.1, -0.05) is 40.2 Å². The Morgan fingerprint density at radius 2 is 1.58 bits per heavy atom. The van der Waals surface area contributed by atoms with E-state index < -0.39 is 11.8 Å². The molecule has 0 bridgehead atoms. The molecule has 2 amide bonds. The van der Waals surface area contributed by atoms with Gasteiger partial charge < -0.3 is 9.47 Å². The Bertz CT molecular complexity index is 926. The van der Waals surface area contributed by atoms with Crippen LogP contribution in [0.15, 0.2) is 45.3 Å². The molecule has 2 rings (SSSR count). The second-order valence-electron chi connectivity index (χ2n) is 8.03. The van der Waals surface area contributed by atoms with Gasteiger partial charge in [-0.25, -0.2) is 0 Å². The molecule has 0 aliphatic heterocycles. The summed E-state index contributed by atoms with van der Waals surface area (Å²) in [6.07, 6.45) is 2.00. The molecule has 2 aromatic rings. The lowest BCUT2D eigenvalue weighted by atomic mass is 9.87. The number of benzene rings is 2. The molecule has 0 spiro atoms. The second-order valence-corrected chi connectivity index (χ2v) is 9.74. The molecule has 6 nitrogen and oxygen atoms in total. The Labute approximate surface area is 200 Å². The molecule has 0 atom stereocenters. The maximum absolute atomic E-state index is 12.3. The lowest BCUT2D eigenvalue weighted by Gasteiger charge is -2.20. The first-order valence-electron chi connectivity index (χ1n) is 10.1. The molecule has 0 fully saturated rings. The normalized spacial score (nSPS) is 11.0. The Kier molecular flexibility index (Phi) is 9.37. The Balaban J connectivity index is 1.84. The summed E-state index contributed by atoms with van der Waals surface area (Å²) in [5.74, 6) is 0.311. The van der Waals surface area contributed by atoms with Crippen LogP contribution in [0.1, 0.15) is 56.5 Å². The third-order valence-corrected chi connectivity index (χ3v) is 5.66. The minimum absolute atomic E-state index is 0.0114. The van der Waals surface area contributed by atoms with Gasteiger partial charge in [0.2, 0.25) is 0 Å². The van der Waals surface area contributed by atoms with Gasteiger partial charge in [-0.05, 0) is 79.6 Å². The highest BCUT2D eigenvalue weighted by atomic mass is 79.9. The summed E-state index contributed by atoms with van der Waals surface area (Å²) in [6, 6.07) is 10.8. The highest BCUT2D eigenvalue weighted by Gasteiger charge is 2.16. The molecule has 0 heterocycles. The van der Waals surface area contributed by atoms with Crippen LogP contribution in [0.2, 0.25) is 0 Å². The first-order valence-corrected chi connectivity index (χ1v) is 11.6. The maximum Gasteiger partial charge on any atom is 0.276 e. The number of nitrogens with one attached hydrogen (secondary N) is 2. The van der Waals surface area contributed by atoms with E-state index in [2.05, 4.69) is 70.4 Å². The van der Waals surface area contributed by atoms with Crippen LogP contribution in [0.3, 0.4) is 0 Å². The van der Waals surface area contributed by atoms with E-state index in [9.17, 15) is 9.59 Å². The van der Waals surface area contributed by atoms with E-state index >= 15 is 0 Å². The van der Waals surface area contributed by atoms with Crippen LogP contribution in [-0.4, -0.2) is 25.0 Å². The van der Waals surface area contributed by atoms with Crippen molar-refractivity contribution in [2.75, 3.05) is 13.2 Å². The molecule has 0 saturated carbocycles. The van der Waals surface area contributed by atoms with Crippen LogP contribution in [0.25, 0.3) is 0 Å². The van der Waals surface area contributed by atoms with Crippen molar-refractivity contribution in [3.8, 4) is 11.5 Å². The molecule has 0 unspecified atom stereocenters. The number of hydrazine groups is 1. The van der Waals surface area contributed by atoms with E-state index in [0.29, 0.717) is 28.1 Å². The molecule has 0 radical (unpaired) electrons. The zero-order chi connectivity index (χ0) is 23.0. The summed E-state index contributed by atoms with van der Waals surface area (Å²) >= 11 is 6.88. The van der Waals surface area contributed by atoms with E-state index in [4.69, 9.17) is 9.47 Å². The number of unbranched alkanes of at least 4 members (excludes halogenated alkanes) is 1. The molecule has 2 aromatic carbocycles. The summed E-state index contributed by atoms with van der Waals surface area (Å²) in [4.78, 5) is 24.4. The molecule has 0 saturated heterocycles. The van der Waals surface area contributed by atoms with E-state index in [0.717, 1.165) is 22.9 Å². The van der Waals surface area contributed by atoms with Crippen LogP contribution in [-0.2, 0) is 10.2 Å². The quantitative estimate of drug-likeness (QED) is 0.332. The van der Waals surface area contributed by atoms with Gasteiger partial charge in [0.15, 0.2) is 6.61 Å². The van der Waals surface area contributed by atoms with E-state index in [1.165, 1.54) is 0 Å². The topological polar surface area (TPSA) is 76.7 Å². The van der Waals surface area contributed by atoms with Crippen LogP contribution in [0.4, 0.5) is 0 Å². The van der Waals surface area contributed by atoms with Crippen LogP contribution >= 0.6 is 31.9 Å². The van der Waals surface area contributed by atoms with Gasteiger partial charge in [-0.2, -0.15) is 0 Å². The molecule has 2 N–H and O–H groups in total. The van der Waals surface area contributed by atoms with Crippen LogP contribution in [0, 0.1) is 0 Å². The smallest absolute Gasteiger partial charge is 0.276 e. The summed E-state index contributed by atoms with van der Waals surface area (Å²) in [7, 11) is 0. The monoisotopic (exact) mass is 554 g/mol. The van der Waals surface area contributed by atoms with Crippen molar-refractivity contribution in [3.05, 3.63) is 56.5 Å². The molecule has 0 aliphatic carbocycles. The number of ether oxygens (including phenoxy) is 2. The minimum atomic E-state index is -0.473. The number of hydrogen-bond acceptors (Lipinski definition) is 4. The third kappa shape index (κ3) is 7.85. The molecule has 0 aliphatic rings. The van der Waals surface area contributed by atoms with Crippen LogP contribution < -0.4 is 20.3 Å². The van der Waals surface area contributed by atoms with Crippen molar-refractivity contribution in [1.82, 2.24) is 10.9 Å². The van der Waals surface area contributed by atoms with Crippen molar-refractivity contribution in [2.45, 2.75) is 46.0 Å². The van der Waals surface area contributed by atoms with Gasteiger partial charge in [0.1, 0.15) is 11.5 Å². The number of rotatable bonds is 8. The second kappa shape index (κ2) is 11.5. The first-order chi connectivity index (χ1) is 14.6. The van der Waals surface area contributed by atoms with Gasteiger partial charge in [0.05, 0.1) is 15.6 Å².